The minimum absolute atomic E-state index is 0.0792. The summed E-state index contributed by atoms with van der Waals surface area (Å²) in [7, 11) is 0. The molecule has 1 N–H and O–H groups in total. The molecule has 5 nitrogen and oxygen atoms in total. The summed E-state index contributed by atoms with van der Waals surface area (Å²) in [5, 5.41) is 2.92. The number of rotatable bonds is 3. The van der Waals surface area contributed by atoms with Gasteiger partial charge in [0, 0.05) is 40.3 Å². The predicted octanol–water partition coefficient (Wildman–Crippen LogP) is 4.69. The molecule has 1 aliphatic heterocycles. The van der Waals surface area contributed by atoms with Crippen molar-refractivity contribution in [1.29, 1.82) is 0 Å². The maximum atomic E-state index is 12.9. The number of hydrogen-bond donors (Lipinski definition) is 1. The molecule has 0 atom stereocenters. The number of carbonyl (C=O) groups is 2. The number of aryl methyl sites for hydroxylation is 1. The summed E-state index contributed by atoms with van der Waals surface area (Å²) in [6, 6.07) is 16.5. The first-order chi connectivity index (χ1) is 13.6. The van der Waals surface area contributed by atoms with Gasteiger partial charge >= 0.3 is 0 Å². The van der Waals surface area contributed by atoms with Gasteiger partial charge in [0.05, 0.1) is 5.56 Å². The van der Waals surface area contributed by atoms with Crippen molar-refractivity contribution in [3.63, 3.8) is 0 Å². The van der Waals surface area contributed by atoms with Crippen LogP contribution in [0.25, 0.3) is 0 Å². The molecule has 6 heteroatoms. The zero-order chi connectivity index (χ0) is 19.5. The fraction of sp³-hybridized carbons (Fsp3) is 0.136. The summed E-state index contributed by atoms with van der Waals surface area (Å²) in [6.07, 6.45) is 5.04. The minimum atomic E-state index is -0.192. The number of pyridine rings is 1. The lowest BCUT2D eigenvalue weighted by Gasteiger charge is -2.30. The molecule has 140 valence electrons. The largest absolute Gasteiger partial charge is 0.322 e. The van der Waals surface area contributed by atoms with Crippen molar-refractivity contribution >= 4 is 39.1 Å². The van der Waals surface area contributed by atoms with Crippen LogP contribution in [-0.2, 0) is 6.42 Å². The Morgan fingerprint density at radius 1 is 1.04 bits per heavy atom. The van der Waals surface area contributed by atoms with E-state index in [1.807, 2.05) is 30.3 Å². The Morgan fingerprint density at radius 3 is 2.68 bits per heavy atom. The molecule has 0 bridgehead atoms. The summed E-state index contributed by atoms with van der Waals surface area (Å²) in [4.78, 5) is 31.3. The van der Waals surface area contributed by atoms with E-state index in [1.165, 1.54) is 0 Å². The van der Waals surface area contributed by atoms with Crippen LogP contribution in [0.15, 0.2) is 71.5 Å². The van der Waals surface area contributed by atoms with Crippen LogP contribution < -0.4 is 10.2 Å². The highest BCUT2D eigenvalue weighted by Gasteiger charge is 2.24. The molecule has 4 rings (SSSR count). The van der Waals surface area contributed by atoms with Gasteiger partial charge in [0.25, 0.3) is 11.8 Å². The molecule has 3 aromatic rings. The van der Waals surface area contributed by atoms with Crippen LogP contribution in [-0.4, -0.2) is 23.3 Å². The number of nitrogens with one attached hydrogen (secondary N) is 1. The van der Waals surface area contributed by atoms with Crippen LogP contribution in [0.4, 0.5) is 11.4 Å². The molecule has 0 saturated heterocycles. The first-order valence-corrected chi connectivity index (χ1v) is 9.83. The van der Waals surface area contributed by atoms with Crippen LogP contribution in [0.2, 0.25) is 0 Å². The van der Waals surface area contributed by atoms with E-state index in [1.54, 1.807) is 41.6 Å². The molecule has 0 aliphatic carbocycles. The van der Waals surface area contributed by atoms with Gasteiger partial charge in [0.2, 0.25) is 0 Å². The van der Waals surface area contributed by atoms with Gasteiger partial charge in [-0.3, -0.25) is 14.6 Å². The second kappa shape index (κ2) is 7.94. The molecule has 0 saturated carbocycles. The van der Waals surface area contributed by atoms with Crippen LogP contribution in [0.3, 0.4) is 0 Å². The molecule has 0 unspecified atom stereocenters. The highest BCUT2D eigenvalue weighted by molar-refractivity contribution is 9.10. The van der Waals surface area contributed by atoms with Crippen LogP contribution in [0, 0.1) is 0 Å². The molecular weight excluding hydrogens is 418 g/mol. The summed E-state index contributed by atoms with van der Waals surface area (Å²) in [6.45, 7) is 0.643. The van der Waals surface area contributed by atoms with Crippen molar-refractivity contribution in [2.45, 2.75) is 12.8 Å². The summed E-state index contributed by atoms with van der Waals surface area (Å²) < 4.78 is 0.846. The highest BCUT2D eigenvalue weighted by Crippen LogP contribution is 2.31. The van der Waals surface area contributed by atoms with Crippen molar-refractivity contribution in [3.8, 4) is 0 Å². The van der Waals surface area contributed by atoms with E-state index >= 15 is 0 Å². The lowest BCUT2D eigenvalue weighted by atomic mass is 10.00. The normalized spacial score (nSPS) is 13.0. The predicted molar refractivity (Wildman–Crippen MR) is 113 cm³/mol. The van der Waals surface area contributed by atoms with E-state index in [0.717, 1.165) is 28.6 Å². The SMILES string of the molecule is O=C(Nc1ccc2c(c1)N(C(=O)c1cccnc1)CCC2)c1cccc(Br)c1. The highest BCUT2D eigenvalue weighted by atomic mass is 79.9. The van der Waals surface area contributed by atoms with Crippen molar-refractivity contribution in [3.05, 3.63) is 88.2 Å². The number of carbonyl (C=O) groups excluding carboxylic acids is 2. The summed E-state index contributed by atoms with van der Waals surface area (Å²) in [5.41, 5.74) is 3.72. The first kappa shape index (κ1) is 18.4. The fourth-order valence-corrected chi connectivity index (χ4v) is 3.74. The van der Waals surface area contributed by atoms with Crippen LogP contribution >= 0.6 is 15.9 Å². The standard InChI is InChI=1S/C22H18BrN3O2/c23-18-7-1-4-16(12-18)21(27)25-19-9-8-15-6-3-11-26(20(15)13-19)22(28)17-5-2-10-24-14-17/h1-2,4-5,7-10,12-14H,3,6,11H2,(H,25,27). The van der Waals surface area contributed by atoms with Gasteiger partial charge < -0.3 is 10.2 Å². The molecule has 0 fully saturated rings. The zero-order valence-electron chi connectivity index (χ0n) is 15.1. The van der Waals surface area contributed by atoms with Crippen LogP contribution in [0.1, 0.15) is 32.7 Å². The average Bonchev–Trinajstić information content (AvgIpc) is 2.73. The smallest absolute Gasteiger partial charge is 0.259 e. The van der Waals surface area contributed by atoms with E-state index in [0.29, 0.717) is 23.4 Å². The lowest BCUT2D eigenvalue weighted by molar-refractivity contribution is 0.0983. The Labute approximate surface area is 171 Å². The van der Waals surface area contributed by atoms with Crippen molar-refractivity contribution in [2.75, 3.05) is 16.8 Å². The van der Waals surface area contributed by atoms with E-state index < -0.39 is 0 Å². The molecule has 2 amide bonds. The maximum absolute atomic E-state index is 12.9. The summed E-state index contributed by atoms with van der Waals surface area (Å²) in [5.74, 6) is -0.272. The number of nitrogens with zero attached hydrogens (tertiary/aromatic N) is 2. The second-order valence-corrected chi connectivity index (χ2v) is 7.53. The van der Waals surface area contributed by atoms with Gasteiger partial charge in [0.15, 0.2) is 0 Å². The minimum Gasteiger partial charge on any atom is -0.322 e. The van der Waals surface area contributed by atoms with Gasteiger partial charge in [-0.15, -0.1) is 0 Å². The average molecular weight is 436 g/mol. The third kappa shape index (κ3) is 3.82. The molecule has 2 aromatic carbocycles. The molecule has 0 spiro atoms. The Bertz CT molecular complexity index is 1040. The molecule has 0 radical (unpaired) electrons. The lowest BCUT2D eigenvalue weighted by Crippen LogP contribution is -2.35. The summed E-state index contributed by atoms with van der Waals surface area (Å²) >= 11 is 3.38. The number of halogens is 1. The number of fused-ring (bicyclic) bond motifs is 1. The number of hydrogen-bond acceptors (Lipinski definition) is 3. The first-order valence-electron chi connectivity index (χ1n) is 9.03. The Morgan fingerprint density at radius 2 is 1.89 bits per heavy atom. The Hall–Kier alpha value is -2.99. The van der Waals surface area contributed by atoms with Crippen molar-refractivity contribution in [1.82, 2.24) is 4.98 Å². The maximum Gasteiger partial charge on any atom is 0.259 e. The zero-order valence-corrected chi connectivity index (χ0v) is 16.6. The number of benzene rings is 2. The fourth-order valence-electron chi connectivity index (χ4n) is 3.34. The Kier molecular flexibility index (Phi) is 5.21. The van der Waals surface area contributed by atoms with Gasteiger partial charge in [-0.1, -0.05) is 28.1 Å². The quantitative estimate of drug-likeness (QED) is 0.648. The molecular formula is C22H18BrN3O2. The number of aromatic nitrogens is 1. The van der Waals surface area contributed by atoms with Gasteiger partial charge in [-0.05, 0) is 60.9 Å². The van der Waals surface area contributed by atoms with Gasteiger partial charge in [-0.2, -0.15) is 0 Å². The van der Waals surface area contributed by atoms with Crippen LogP contribution in [0.5, 0.6) is 0 Å². The second-order valence-electron chi connectivity index (χ2n) is 6.61. The number of anilines is 2. The van der Waals surface area contributed by atoms with Gasteiger partial charge in [0.1, 0.15) is 0 Å². The van der Waals surface area contributed by atoms with Crippen molar-refractivity contribution < 1.29 is 9.59 Å². The van der Waals surface area contributed by atoms with E-state index in [4.69, 9.17) is 0 Å². The molecule has 1 aromatic heterocycles. The van der Waals surface area contributed by atoms with E-state index in [9.17, 15) is 9.59 Å². The third-order valence-corrected chi connectivity index (χ3v) is 5.20. The Balaban J connectivity index is 1.61. The molecule has 2 heterocycles. The van der Waals surface area contributed by atoms with E-state index in [2.05, 4.69) is 26.2 Å². The molecule has 28 heavy (non-hydrogen) atoms. The topological polar surface area (TPSA) is 62.3 Å². The monoisotopic (exact) mass is 435 g/mol. The van der Waals surface area contributed by atoms with Crippen molar-refractivity contribution in [2.24, 2.45) is 0 Å². The third-order valence-electron chi connectivity index (χ3n) is 4.70. The number of amides is 2. The van der Waals surface area contributed by atoms with E-state index in [-0.39, 0.29) is 11.8 Å². The van der Waals surface area contributed by atoms with Gasteiger partial charge in [-0.25, -0.2) is 0 Å². The molecule has 1 aliphatic rings.